The average molecular weight is 507 g/mol. The van der Waals surface area contributed by atoms with Crippen LogP contribution in [0, 0.1) is 5.82 Å². The molecule has 4 fully saturated rings. The van der Waals surface area contributed by atoms with Gasteiger partial charge in [-0.1, -0.05) is 5.73 Å². The number of morpholine rings is 1. The van der Waals surface area contributed by atoms with E-state index in [1.54, 1.807) is 11.1 Å². The monoisotopic (exact) mass is 506 g/mol. The van der Waals surface area contributed by atoms with Gasteiger partial charge in [-0.2, -0.15) is 0 Å². The molecule has 192 valence electrons. The van der Waals surface area contributed by atoms with E-state index in [9.17, 15) is 9.59 Å². The average Bonchev–Trinajstić information content (AvgIpc) is 3.77. The molecule has 1 aromatic carbocycles. The number of benzene rings is 1. The molecule has 0 aromatic heterocycles. The van der Waals surface area contributed by atoms with Crippen molar-refractivity contribution in [2.24, 2.45) is 10.7 Å². The van der Waals surface area contributed by atoms with E-state index in [-0.39, 0.29) is 23.9 Å². The highest BCUT2D eigenvalue weighted by Gasteiger charge is 2.65. The number of anilines is 2. The second-order valence-corrected chi connectivity index (χ2v) is 10.3. The molecule has 11 heteroatoms. The first-order chi connectivity index (χ1) is 17.8. The van der Waals surface area contributed by atoms with Gasteiger partial charge in [0.1, 0.15) is 11.4 Å². The molecule has 0 bridgehead atoms. The molecule has 3 atom stereocenters. The van der Waals surface area contributed by atoms with Crippen LogP contribution in [0.5, 0.6) is 0 Å². The number of aliphatic imine (C=N–C) groups is 1. The molecule has 3 saturated heterocycles. The van der Waals surface area contributed by atoms with Crippen molar-refractivity contribution in [1.82, 2.24) is 10.0 Å². The topological polar surface area (TPSA) is 107 Å². The number of carbonyl (C=O) groups is 2. The van der Waals surface area contributed by atoms with E-state index in [1.807, 2.05) is 27.0 Å². The number of hydrogen-bond acceptors (Lipinski definition) is 8. The largest absolute Gasteiger partial charge is 0.395 e. The normalized spacial score (nSPS) is 31.7. The molecule has 1 aromatic rings. The van der Waals surface area contributed by atoms with E-state index in [0.717, 1.165) is 11.1 Å². The SMILES string of the molecule is CC(=O)N=C1CC12CN(c1ccc(N3CCN4CC5=C(CC(N)=C=C5)C(=O)N4CC3)c(F)c1)C1OC1O2. The molecule has 7 rings (SSSR count). The van der Waals surface area contributed by atoms with Crippen molar-refractivity contribution in [3.05, 3.63) is 52.7 Å². The second-order valence-electron chi connectivity index (χ2n) is 10.3. The molecule has 6 aliphatic rings. The van der Waals surface area contributed by atoms with Crippen molar-refractivity contribution >= 4 is 28.9 Å². The van der Waals surface area contributed by atoms with Crippen molar-refractivity contribution in [3.8, 4) is 0 Å². The number of amides is 2. The van der Waals surface area contributed by atoms with Gasteiger partial charge >= 0.3 is 0 Å². The van der Waals surface area contributed by atoms with Crippen molar-refractivity contribution in [2.45, 2.75) is 37.9 Å². The molecule has 37 heavy (non-hydrogen) atoms. The van der Waals surface area contributed by atoms with Crippen molar-refractivity contribution < 1.29 is 23.5 Å². The highest BCUT2D eigenvalue weighted by atomic mass is 19.1. The van der Waals surface area contributed by atoms with E-state index < -0.39 is 11.9 Å². The van der Waals surface area contributed by atoms with E-state index in [4.69, 9.17) is 15.2 Å². The van der Waals surface area contributed by atoms with E-state index >= 15 is 4.39 Å². The number of fused-ring (bicyclic) bond motifs is 2. The predicted octanol–water partition coefficient (Wildman–Crippen LogP) is 1.05. The van der Waals surface area contributed by atoms with E-state index in [0.29, 0.717) is 74.9 Å². The standard InChI is InChI=1S/C26H27FN6O4/c1-15(34)29-22-12-26(22)14-32(24-25(36-24)37-26)18-4-5-21(20(27)11-18)30-6-8-31-13-16-2-3-17(28)10-19(16)23(35)33(31)9-7-30/h2,4-5,11,24-25H,6-10,12-14,28H2,1H3. The zero-order valence-corrected chi connectivity index (χ0v) is 20.4. The van der Waals surface area contributed by atoms with Crippen LogP contribution in [-0.4, -0.2) is 84.9 Å². The lowest BCUT2D eigenvalue weighted by Gasteiger charge is -2.38. The van der Waals surface area contributed by atoms with Gasteiger partial charge in [0.25, 0.3) is 5.91 Å². The van der Waals surface area contributed by atoms with Crippen LogP contribution in [-0.2, 0) is 19.1 Å². The third-order valence-electron chi connectivity index (χ3n) is 7.84. The number of nitrogens with zero attached hydrogens (tertiary/aromatic N) is 5. The summed E-state index contributed by atoms with van der Waals surface area (Å²) >= 11 is 0. The maximum atomic E-state index is 15.5. The summed E-state index contributed by atoms with van der Waals surface area (Å²) in [6.07, 6.45) is 2.15. The third-order valence-corrected chi connectivity index (χ3v) is 7.84. The summed E-state index contributed by atoms with van der Waals surface area (Å²) in [4.78, 5) is 32.6. The van der Waals surface area contributed by atoms with Crippen LogP contribution in [0.4, 0.5) is 15.8 Å². The minimum atomic E-state index is -0.627. The molecule has 1 spiro atoms. The number of ether oxygens (including phenoxy) is 2. The van der Waals surface area contributed by atoms with Crippen LogP contribution < -0.4 is 15.5 Å². The molecule has 2 aliphatic carbocycles. The summed E-state index contributed by atoms with van der Waals surface area (Å²) in [7, 11) is 0. The van der Waals surface area contributed by atoms with Gasteiger partial charge in [0, 0.05) is 57.2 Å². The summed E-state index contributed by atoms with van der Waals surface area (Å²) < 4.78 is 27.1. The first-order valence-electron chi connectivity index (χ1n) is 12.5. The molecule has 2 amide bonds. The lowest BCUT2D eigenvalue weighted by atomic mass is 9.96. The molecular weight excluding hydrogens is 479 g/mol. The molecule has 0 radical (unpaired) electrons. The highest BCUT2D eigenvalue weighted by Crippen LogP contribution is 2.49. The van der Waals surface area contributed by atoms with Crippen LogP contribution in [0.15, 0.2) is 51.8 Å². The minimum absolute atomic E-state index is 0.0346. The Balaban J connectivity index is 1.07. The summed E-state index contributed by atoms with van der Waals surface area (Å²) in [5, 5.41) is 3.80. The van der Waals surface area contributed by atoms with Gasteiger partial charge in [0.05, 0.1) is 30.2 Å². The van der Waals surface area contributed by atoms with Crippen molar-refractivity contribution in [1.29, 1.82) is 0 Å². The number of rotatable bonds is 2. The smallest absolute Gasteiger partial charge is 0.264 e. The Labute approximate surface area is 213 Å². The van der Waals surface area contributed by atoms with Crippen LogP contribution in [0.3, 0.4) is 0 Å². The van der Waals surface area contributed by atoms with Gasteiger partial charge in [0.15, 0.2) is 6.23 Å². The van der Waals surface area contributed by atoms with Crippen LogP contribution in [0.1, 0.15) is 19.8 Å². The Morgan fingerprint density at radius 1 is 1.27 bits per heavy atom. The summed E-state index contributed by atoms with van der Waals surface area (Å²) in [5.74, 6) is -0.620. The zero-order chi connectivity index (χ0) is 25.5. The lowest BCUT2D eigenvalue weighted by molar-refractivity contribution is -0.144. The quantitative estimate of drug-likeness (QED) is 0.469. The molecule has 1 saturated carbocycles. The summed E-state index contributed by atoms with van der Waals surface area (Å²) in [6, 6.07) is 5.21. The van der Waals surface area contributed by atoms with Gasteiger partial charge in [-0.15, -0.1) is 0 Å². The number of hydrazine groups is 1. The first kappa shape index (κ1) is 22.7. The van der Waals surface area contributed by atoms with Crippen molar-refractivity contribution in [2.75, 3.05) is 49.1 Å². The molecule has 4 heterocycles. The number of halogens is 1. The van der Waals surface area contributed by atoms with Gasteiger partial charge in [-0.3, -0.25) is 14.6 Å². The Bertz CT molecular complexity index is 1370. The lowest BCUT2D eigenvalue weighted by Crippen LogP contribution is -2.52. The minimum Gasteiger partial charge on any atom is -0.395 e. The third kappa shape index (κ3) is 3.77. The number of hydrogen-bond donors (Lipinski definition) is 1. The van der Waals surface area contributed by atoms with Crippen LogP contribution >= 0.6 is 0 Å². The molecule has 4 aliphatic heterocycles. The fourth-order valence-corrected chi connectivity index (χ4v) is 5.80. The Kier molecular flexibility index (Phi) is 4.90. The van der Waals surface area contributed by atoms with Crippen LogP contribution in [0.2, 0.25) is 0 Å². The van der Waals surface area contributed by atoms with Gasteiger partial charge in [-0.25, -0.2) is 14.4 Å². The maximum absolute atomic E-state index is 15.5. The fraction of sp³-hybridized carbons (Fsp3) is 0.462. The number of nitrogens with two attached hydrogens (primary N) is 1. The van der Waals surface area contributed by atoms with Gasteiger partial charge in [-0.05, 0) is 29.8 Å². The fourth-order valence-electron chi connectivity index (χ4n) is 5.80. The van der Waals surface area contributed by atoms with Gasteiger partial charge in [0.2, 0.25) is 12.2 Å². The molecule has 3 unspecified atom stereocenters. The predicted molar refractivity (Wildman–Crippen MR) is 132 cm³/mol. The molecular formula is C26H27FN6O4. The Morgan fingerprint density at radius 3 is 2.92 bits per heavy atom. The second kappa shape index (κ2) is 8.00. The molecule has 10 nitrogen and oxygen atoms in total. The number of carbonyl (C=O) groups excluding carboxylic acids is 2. The Hall–Kier alpha value is -3.50. The van der Waals surface area contributed by atoms with Crippen molar-refractivity contribution in [3.63, 3.8) is 0 Å². The number of epoxide rings is 1. The maximum Gasteiger partial charge on any atom is 0.264 e. The zero-order valence-electron chi connectivity index (χ0n) is 20.4. The Morgan fingerprint density at radius 2 is 2.11 bits per heavy atom. The summed E-state index contributed by atoms with van der Waals surface area (Å²) in [6.45, 7) is 4.66. The summed E-state index contributed by atoms with van der Waals surface area (Å²) in [5.41, 5.74) is 12.5. The first-order valence-corrected chi connectivity index (χ1v) is 12.5. The van der Waals surface area contributed by atoms with Crippen LogP contribution in [0.25, 0.3) is 0 Å². The highest BCUT2D eigenvalue weighted by molar-refractivity contribution is 6.13. The van der Waals surface area contributed by atoms with E-state index in [1.165, 1.54) is 13.0 Å². The van der Waals surface area contributed by atoms with Gasteiger partial charge < -0.3 is 25.0 Å². The molecule has 2 N–H and O–H groups in total. The van der Waals surface area contributed by atoms with E-state index in [2.05, 4.69) is 10.7 Å².